The van der Waals surface area contributed by atoms with Gasteiger partial charge in [0.15, 0.2) is 0 Å². The first-order valence-electron chi connectivity index (χ1n) is 7.13. The second-order valence-electron chi connectivity index (χ2n) is 4.90. The van der Waals surface area contributed by atoms with Crippen molar-refractivity contribution < 1.29 is 9.47 Å². The van der Waals surface area contributed by atoms with Crippen LogP contribution in [0.25, 0.3) is 0 Å². The Kier molecular flexibility index (Phi) is 5.34. The largest absolute Gasteiger partial charge is 0.480 e. The van der Waals surface area contributed by atoms with E-state index in [0.717, 1.165) is 14.8 Å². The zero-order valence-electron chi connectivity index (χ0n) is 11.8. The second kappa shape index (κ2) is 7.32. The van der Waals surface area contributed by atoms with Gasteiger partial charge in [-0.2, -0.15) is 0 Å². The highest BCUT2D eigenvalue weighted by atomic mass is 32.3. The molecule has 0 aromatic carbocycles. The zero-order chi connectivity index (χ0) is 15.2. The van der Waals surface area contributed by atoms with Gasteiger partial charge in [0.25, 0.3) is 0 Å². The fraction of sp³-hybridized carbons (Fsp3) is 0.538. The van der Waals surface area contributed by atoms with Gasteiger partial charge in [0.05, 0.1) is 26.1 Å². The Morgan fingerprint density at radius 3 is 1.83 bits per heavy atom. The fourth-order valence-corrected chi connectivity index (χ4v) is 15.6. The molecule has 0 N–H and O–H groups in total. The van der Waals surface area contributed by atoms with Gasteiger partial charge in [-0.1, -0.05) is 23.5 Å². The molecule has 0 aromatic heterocycles. The van der Waals surface area contributed by atoms with Crippen molar-refractivity contribution in [3.63, 3.8) is 0 Å². The molecule has 0 unspecified atom stereocenters. The molecule has 1 fully saturated rings. The lowest BCUT2D eigenvalue weighted by molar-refractivity contribution is 0.0949. The van der Waals surface area contributed by atoms with Crippen LogP contribution >= 0.6 is 94.1 Å². The van der Waals surface area contributed by atoms with Gasteiger partial charge in [-0.25, -0.2) is 0 Å². The van der Waals surface area contributed by atoms with E-state index in [1.165, 1.54) is 34.9 Å². The summed E-state index contributed by atoms with van der Waals surface area (Å²) in [6.07, 6.45) is 1.37. The number of thioether (sulfide) groups is 8. The maximum Gasteiger partial charge on any atom is 0.208 e. The van der Waals surface area contributed by atoms with E-state index < -0.39 is 0 Å². The molecule has 5 aliphatic rings. The Balaban J connectivity index is 1.24. The van der Waals surface area contributed by atoms with Crippen molar-refractivity contribution in [3.05, 3.63) is 27.1 Å². The first-order chi connectivity index (χ1) is 11.4. The minimum absolute atomic E-state index is 0.675. The van der Waals surface area contributed by atoms with E-state index in [0.29, 0.717) is 17.8 Å². The van der Waals surface area contributed by atoms with Crippen LogP contribution < -0.4 is 0 Å². The van der Waals surface area contributed by atoms with Crippen LogP contribution in [0, 0.1) is 0 Å². The smallest absolute Gasteiger partial charge is 0.208 e. The number of ether oxygens (including phenoxy) is 2. The molecule has 0 bridgehead atoms. The van der Waals surface area contributed by atoms with Crippen LogP contribution in [0.1, 0.15) is 6.42 Å². The summed E-state index contributed by atoms with van der Waals surface area (Å²) in [5, 5.41) is 1.93. The highest BCUT2D eigenvalue weighted by Gasteiger charge is 2.40. The van der Waals surface area contributed by atoms with Crippen LogP contribution in [0.4, 0.5) is 0 Å². The predicted octanol–water partition coefficient (Wildman–Crippen LogP) is 6.38. The van der Waals surface area contributed by atoms with Crippen LogP contribution in [-0.4, -0.2) is 33.9 Å². The van der Waals surface area contributed by atoms with Gasteiger partial charge in [-0.05, 0) is 41.5 Å². The summed E-state index contributed by atoms with van der Waals surface area (Å²) >= 11 is 15.9. The molecule has 0 atom stereocenters. The lowest BCUT2D eigenvalue weighted by atomic mass is 10.6. The third kappa shape index (κ3) is 3.44. The van der Waals surface area contributed by atoms with Crippen molar-refractivity contribution in [1.82, 2.24) is 0 Å². The van der Waals surface area contributed by atoms with E-state index in [9.17, 15) is 0 Å². The second-order valence-corrected chi connectivity index (χ2v) is 15.3. The fourth-order valence-electron chi connectivity index (χ4n) is 2.31. The average Bonchev–Trinajstić information content (AvgIpc) is 3.27. The summed E-state index contributed by atoms with van der Waals surface area (Å²) in [6.45, 7) is 1.35. The molecule has 23 heavy (non-hydrogen) atoms. The summed E-state index contributed by atoms with van der Waals surface area (Å²) in [7, 11) is 0. The van der Waals surface area contributed by atoms with Gasteiger partial charge < -0.3 is 9.47 Å². The third-order valence-electron chi connectivity index (χ3n) is 3.31. The first-order valence-corrected chi connectivity index (χ1v) is 14.3. The molecule has 5 aliphatic heterocycles. The van der Waals surface area contributed by atoms with Crippen molar-refractivity contribution in [2.75, 3.05) is 24.7 Å². The number of hydrogen-bond donors (Lipinski definition) is 0. The topological polar surface area (TPSA) is 18.5 Å². The van der Waals surface area contributed by atoms with Gasteiger partial charge in [0.1, 0.15) is 13.2 Å². The molecule has 5 rings (SSSR count). The summed E-state index contributed by atoms with van der Waals surface area (Å²) < 4.78 is 18.6. The predicted molar refractivity (Wildman–Crippen MR) is 116 cm³/mol. The van der Waals surface area contributed by atoms with Crippen molar-refractivity contribution in [2.45, 2.75) is 15.6 Å². The molecule has 0 spiro atoms. The van der Waals surface area contributed by atoms with Crippen molar-refractivity contribution in [3.8, 4) is 0 Å². The molecule has 0 amide bonds. The van der Waals surface area contributed by atoms with Crippen LogP contribution in [0.2, 0.25) is 0 Å². The Morgan fingerprint density at radius 1 is 0.652 bits per heavy atom. The highest BCUT2D eigenvalue weighted by molar-refractivity contribution is 8.47. The van der Waals surface area contributed by atoms with E-state index in [2.05, 4.69) is 47.0 Å². The SMILES string of the molecule is C1CSC(C2SC3=C(SC(=C4SC5=C(OCCO5)S4)S3)S2)SC1. The van der Waals surface area contributed by atoms with Gasteiger partial charge in [-0.15, -0.1) is 47.0 Å². The van der Waals surface area contributed by atoms with Crippen molar-refractivity contribution in [2.24, 2.45) is 0 Å². The molecule has 124 valence electrons. The lowest BCUT2D eigenvalue weighted by Gasteiger charge is -2.25. The molecule has 1 saturated heterocycles. The van der Waals surface area contributed by atoms with E-state index >= 15 is 0 Å². The average molecular weight is 457 g/mol. The van der Waals surface area contributed by atoms with Crippen LogP contribution in [0.15, 0.2) is 27.1 Å². The molecule has 0 aliphatic carbocycles. The molecular formula is C13H12O2S8. The zero-order valence-corrected chi connectivity index (χ0v) is 18.3. The number of hydrogen-bond acceptors (Lipinski definition) is 10. The van der Waals surface area contributed by atoms with Crippen LogP contribution in [0.5, 0.6) is 0 Å². The Morgan fingerprint density at radius 2 is 1.22 bits per heavy atom. The Bertz CT molecular complexity index is 581. The first kappa shape index (κ1) is 16.8. The summed E-state index contributed by atoms with van der Waals surface area (Å²) in [5.41, 5.74) is 0. The molecular weight excluding hydrogens is 445 g/mol. The molecule has 2 nitrogen and oxygen atoms in total. The van der Waals surface area contributed by atoms with E-state index in [1.807, 2.05) is 23.5 Å². The summed E-state index contributed by atoms with van der Waals surface area (Å²) in [6, 6.07) is 0. The maximum absolute atomic E-state index is 5.70. The Hall–Kier alpha value is 1.62. The highest BCUT2D eigenvalue weighted by Crippen LogP contribution is 2.70. The van der Waals surface area contributed by atoms with Gasteiger partial charge in [0, 0.05) is 0 Å². The van der Waals surface area contributed by atoms with E-state index in [1.54, 1.807) is 23.5 Å². The molecule has 10 heteroatoms. The van der Waals surface area contributed by atoms with Crippen LogP contribution in [0.3, 0.4) is 0 Å². The number of rotatable bonds is 1. The Labute approximate surface area is 169 Å². The molecule has 0 aromatic rings. The lowest BCUT2D eigenvalue weighted by Crippen LogP contribution is -2.16. The quantitative estimate of drug-likeness (QED) is 0.440. The van der Waals surface area contributed by atoms with Gasteiger partial charge in [0.2, 0.25) is 10.2 Å². The third-order valence-corrected chi connectivity index (χ3v) is 16.0. The standard InChI is InChI=1S/C13H12O2S8/c1-4-16-8(17-5-1)9-20-12-13(21-9)23-11(22-12)10-18-6-7(19-10)15-3-2-14-6/h8-9H,1-5H2. The van der Waals surface area contributed by atoms with E-state index in [4.69, 9.17) is 9.47 Å². The monoisotopic (exact) mass is 456 g/mol. The minimum Gasteiger partial charge on any atom is -0.480 e. The van der Waals surface area contributed by atoms with E-state index in [-0.39, 0.29) is 0 Å². The van der Waals surface area contributed by atoms with Crippen molar-refractivity contribution in [1.29, 1.82) is 0 Å². The molecule has 0 radical (unpaired) electrons. The van der Waals surface area contributed by atoms with Crippen molar-refractivity contribution >= 4 is 94.1 Å². The molecule has 0 saturated carbocycles. The van der Waals surface area contributed by atoms with Crippen LogP contribution in [-0.2, 0) is 9.47 Å². The summed E-state index contributed by atoms with van der Waals surface area (Å²) in [4.78, 5) is 0. The maximum atomic E-state index is 5.70. The van der Waals surface area contributed by atoms with Gasteiger partial charge >= 0.3 is 0 Å². The minimum atomic E-state index is 0.675. The van der Waals surface area contributed by atoms with Gasteiger partial charge in [-0.3, -0.25) is 0 Å². The molecule has 5 heterocycles. The summed E-state index contributed by atoms with van der Waals surface area (Å²) in [5.74, 6) is 2.67. The normalized spacial score (nSPS) is 29.0.